The minimum atomic E-state index is -0.364. The van der Waals surface area contributed by atoms with Gasteiger partial charge in [-0.25, -0.2) is 4.79 Å². The largest absolute Gasteiger partial charge is 0.462 e. The highest BCUT2D eigenvalue weighted by Gasteiger charge is 2.28. The van der Waals surface area contributed by atoms with E-state index in [0.717, 1.165) is 16.9 Å². The molecule has 5 nitrogen and oxygen atoms in total. The fourth-order valence-electron chi connectivity index (χ4n) is 2.16. The van der Waals surface area contributed by atoms with Crippen molar-refractivity contribution in [1.82, 2.24) is 0 Å². The van der Waals surface area contributed by atoms with Crippen LogP contribution in [0.1, 0.15) is 48.0 Å². The molecular formula is C15H21NO4S. The summed E-state index contributed by atoms with van der Waals surface area (Å²) in [4.78, 5) is 25.3. The van der Waals surface area contributed by atoms with Crippen LogP contribution in [0.25, 0.3) is 0 Å². The SMILES string of the molecule is CCOC(=O)c1c(NC(=O)C(C)CC)sc2c1CCOC2. The van der Waals surface area contributed by atoms with Gasteiger partial charge in [-0.15, -0.1) is 11.3 Å². The van der Waals surface area contributed by atoms with Crippen LogP contribution in [0, 0.1) is 5.92 Å². The lowest BCUT2D eigenvalue weighted by molar-refractivity contribution is -0.119. The highest BCUT2D eigenvalue weighted by Crippen LogP contribution is 2.37. The van der Waals surface area contributed by atoms with Crippen LogP contribution in [0.5, 0.6) is 0 Å². The van der Waals surface area contributed by atoms with Crippen molar-refractivity contribution in [3.05, 3.63) is 16.0 Å². The van der Waals surface area contributed by atoms with E-state index in [1.807, 2.05) is 13.8 Å². The van der Waals surface area contributed by atoms with Gasteiger partial charge in [0.25, 0.3) is 0 Å². The lowest BCUT2D eigenvalue weighted by Crippen LogP contribution is -2.21. The molecule has 2 rings (SSSR count). The van der Waals surface area contributed by atoms with E-state index < -0.39 is 0 Å². The molecule has 0 radical (unpaired) electrons. The summed E-state index contributed by atoms with van der Waals surface area (Å²) in [6, 6.07) is 0. The summed E-state index contributed by atoms with van der Waals surface area (Å²) in [5.74, 6) is -0.519. The molecule has 0 saturated heterocycles. The average molecular weight is 311 g/mol. The maximum absolute atomic E-state index is 12.2. The van der Waals surface area contributed by atoms with Gasteiger partial charge in [-0.05, 0) is 25.3 Å². The number of carbonyl (C=O) groups excluding carboxylic acids is 2. The summed E-state index contributed by atoms with van der Waals surface area (Å²) in [6.45, 7) is 7.01. The van der Waals surface area contributed by atoms with Crippen LogP contribution in [0.4, 0.5) is 5.00 Å². The standard InChI is InChI=1S/C15H21NO4S/c1-4-9(3)13(17)16-14-12(15(18)20-5-2)10-6-7-19-8-11(10)21-14/h9H,4-8H2,1-3H3,(H,16,17). The molecule has 116 valence electrons. The Kier molecular flexibility index (Phi) is 5.36. The molecule has 0 bridgehead atoms. The Balaban J connectivity index is 2.33. The summed E-state index contributed by atoms with van der Waals surface area (Å²) in [6.07, 6.45) is 1.44. The number of nitrogens with one attached hydrogen (secondary N) is 1. The zero-order chi connectivity index (χ0) is 15.4. The van der Waals surface area contributed by atoms with Gasteiger partial charge in [0.15, 0.2) is 0 Å². The number of amides is 1. The van der Waals surface area contributed by atoms with E-state index in [4.69, 9.17) is 9.47 Å². The summed E-state index contributed by atoms with van der Waals surface area (Å²) >= 11 is 1.41. The van der Waals surface area contributed by atoms with Crippen molar-refractivity contribution >= 4 is 28.2 Å². The number of rotatable bonds is 5. The summed E-state index contributed by atoms with van der Waals surface area (Å²) < 4.78 is 10.6. The molecule has 1 aromatic heterocycles. The van der Waals surface area contributed by atoms with Crippen molar-refractivity contribution < 1.29 is 19.1 Å². The fourth-order valence-corrected chi connectivity index (χ4v) is 3.34. The number of esters is 1. The van der Waals surface area contributed by atoms with Crippen molar-refractivity contribution in [3.63, 3.8) is 0 Å². The number of fused-ring (bicyclic) bond motifs is 1. The average Bonchev–Trinajstić information content (AvgIpc) is 2.84. The number of anilines is 1. The topological polar surface area (TPSA) is 64.6 Å². The summed E-state index contributed by atoms with van der Waals surface area (Å²) in [7, 11) is 0. The maximum atomic E-state index is 12.2. The number of hydrogen-bond acceptors (Lipinski definition) is 5. The van der Waals surface area contributed by atoms with Crippen molar-refractivity contribution in [1.29, 1.82) is 0 Å². The van der Waals surface area contributed by atoms with E-state index in [1.165, 1.54) is 11.3 Å². The predicted molar refractivity (Wildman–Crippen MR) is 81.7 cm³/mol. The van der Waals surface area contributed by atoms with Gasteiger partial charge in [-0.2, -0.15) is 0 Å². The minimum absolute atomic E-state index is 0.0671. The monoisotopic (exact) mass is 311 g/mol. The van der Waals surface area contributed by atoms with E-state index >= 15 is 0 Å². The molecule has 0 aromatic carbocycles. The molecule has 1 amide bonds. The van der Waals surface area contributed by atoms with Gasteiger partial charge in [-0.1, -0.05) is 13.8 Å². The van der Waals surface area contributed by atoms with Gasteiger partial charge in [0, 0.05) is 10.8 Å². The molecule has 0 saturated carbocycles. The van der Waals surface area contributed by atoms with Crippen LogP contribution < -0.4 is 5.32 Å². The molecule has 2 heterocycles. The molecule has 1 N–H and O–H groups in total. The third kappa shape index (κ3) is 3.44. The van der Waals surface area contributed by atoms with Crippen molar-refractivity contribution in [2.24, 2.45) is 5.92 Å². The Morgan fingerprint density at radius 2 is 2.19 bits per heavy atom. The third-order valence-electron chi connectivity index (χ3n) is 3.60. The van der Waals surface area contributed by atoms with Crippen LogP contribution in [0.15, 0.2) is 0 Å². The lowest BCUT2D eigenvalue weighted by Gasteiger charge is -2.13. The molecule has 1 aliphatic heterocycles. The number of thiophene rings is 1. The Labute approximate surface area is 128 Å². The zero-order valence-electron chi connectivity index (χ0n) is 12.7. The van der Waals surface area contributed by atoms with Gasteiger partial charge >= 0.3 is 5.97 Å². The van der Waals surface area contributed by atoms with Crippen LogP contribution >= 0.6 is 11.3 Å². The second kappa shape index (κ2) is 7.04. The first-order valence-electron chi connectivity index (χ1n) is 7.28. The van der Waals surface area contributed by atoms with E-state index in [2.05, 4.69) is 5.32 Å². The molecule has 1 atom stereocenters. The lowest BCUT2D eigenvalue weighted by atomic mass is 10.1. The Hall–Kier alpha value is -1.40. The van der Waals surface area contributed by atoms with Crippen LogP contribution in [0.2, 0.25) is 0 Å². The Bertz CT molecular complexity index is 538. The minimum Gasteiger partial charge on any atom is -0.462 e. The van der Waals surface area contributed by atoms with E-state index in [9.17, 15) is 9.59 Å². The van der Waals surface area contributed by atoms with Gasteiger partial charge in [0.1, 0.15) is 5.00 Å². The summed E-state index contributed by atoms with van der Waals surface area (Å²) in [5.41, 5.74) is 1.47. The van der Waals surface area contributed by atoms with E-state index in [-0.39, 0.29) is 17.8 Å². The molecule has 0 aliphatic carbocycles. The van der Waals surface area contributed by atoms with Crippen LogP contribution in [-0.4, -0.2) is 25.1 Å². The number of carbonyl (C=O) groups is 2. The molecule has 1 aliphatic rings. The molecular weight excluding hydrogens is 290 g/mol. The first kappa shape index (κ1) is 16.0. The summed E-state index contributed by atoms with van der Waals surface area (Å²) in [5, 5.41) is 3.47. The van der Waals surface area contributed by atoms with Gasteiger partial charge in [0.2, 0.25) is 5.91 Å². The highest BCUT2D eigenvalue weighted by atomic mass is 32.1. The normalized spacial score (nSPS) is 15.2. The molecule has 0 fully saturated rings. The Morgan fingerprint density at radius 1 is 1.43 bits per heavy atom. The van der Waals surface area contributed by atoms with Gasteiger partial charge in [-0.3, -0.25) is 4.79 Å². The zero-order valence-corrected chi connectivity index (χ0v) is 13.5. The van der Waals surface area contributed by atoms with Crippen LogP contribution in [-0.2, 0) is 27.3 Å². The first-order valence-corrected chi connectivity index (χ1v) is 8.10. The predicted octanol–water partition coefficient (Wildman–Crippen LogP) is 2.98. The molecule has 6 heteroatoms. The fraction of sp³-hybridized carbons (Fsp3) is 0.600. The Morgan fingerprint density at radius 3 is 2.86 bits per heavy atom. The van der Waals surface area contributed by atoms with E-state index in [1.54, 1.807) is 6.92 Å². The van der Waals surface area contributed by atoms with Crippen molar-refractivity contribution in [2.75, 3.05) is 18.5 Å². The number of ether oxygens (including phenoxy) is 2. The second-order valence-electron chi connectivity index (χ2n) is 5.03. The van der Waals surface area contributed by atoms with E-state index in [0.29, 0.717) is 36.8 Å². The molecule has 21 heavy (non-hydrogen) atoms. The molecule has 1 aromatic rings. The van der Waals surface area contributed by atoms with Crippen LogP contribution in [0.3, 0.4) is 0 Å². The maximum Gasteiger partial charge on any atom is 0.341 e. The molecule has 0 spiro atoms. The second-order valence-corrected chi connectivity index (χ2v) is 6.13. The smallest absolute Gasteiger partial charge is 0.341 e. The van der Waals surface area contributed by atoms with Gasteiger partial charge in [0.05, 0.1) is 25.4 Å². The third-order valence-corrected chi connectivity index (χ3v) is 4.72. The highest BCUT2D eigenvalue weighted by molar-refractivity contribution is 7.17. The molecule has 1 unspecified atom stereocenters. The number of hydrogen-bond donors (Lipinski definition) is 1. The van der Waals surface area contributed by atoms with Crippen molar-refractivity contribution in [3.8, 4) is 0 Å². The first-order chi connectivity index (χ1) is 10.1. The quantitative estimate of drug-likeness (QED) is 0.849. The van der Waals surface area contributed by atoms with Crippen molar-refractivity contribution in [2.45, 2.75) is 40.2 Å². The van der Waals surface area contributed by atoms with Gasteiger partial charge < -0.3 is 14.8 Å².